The largest absolute Gasteiger partial charge is 0.348 e. The van der Waals surface area contributed by atoms with E-state index in [1.807, 2.05) is 0 Å². The number of thiazole rings is 1. The Hall–Kier alpha value is -0.280. The zero-order valence-corrected chi connectivity index (χ0v) is 10.9. The second kappa shape index (κ2) is 4.30. The van der Waals surface area contributed by atoms with Crippen molar-refractivity contribution in [3.63, 3.8) is 0 Å². The van der Waals surface area contributed by atoms with E-state index in [9.17, 15) is 0 Å². The molecule has 1 aliphatic rings. The van der Waals surface area contributed by atoms with Gasteiger partial charge in [0.15, 0.2) is 5.13 Å². The van der Waals surface area contributed by atoms with Gasteiger partial charge in [-0.3, -0.25) is 0 Å². The molecule has 2 heterocycles. The average molecular weight is 245 g/mol. The Bertz CT molecular complexity index is 335. The van der Waals surface area contributed by atoms with Crippen molar-refractivity contribution in [1.82, 2.24) is 4.98 Å². The maximum absolute atomic E-state index is 5.70. The summed E-state index contributed by atoms with van der Waals surface area (Å²) in [5.74, 6) is 0.661. The molecule has 0 saturated carbocycles. The molecular formula is C11H17ClN2S. The van der Waals surface area contributed by atoms with E-state index in [1.165, 1.54) is 11.6 Å². The molecular weight excluding hydrogens is 228 g/mol. The predicted molar refractivity (Wildman–Crippen MR) is 67.1 cm³/mol. The molecule has 1 aliphatic heterocycles. The minimum absolute atomic E-state index is 0.443. The van der Waals surface area contributed by atoms with Crippen LogP contribution in [0.15, 0.2) is 5.38 Å². The van der Waals surface area contributed by atoms with Gasteiger partial charge in [-0.25, -0.2) is 4.98 Å². The van der Waals surface area contributed by atoms with Crippen LogP contribution in [0.4, 0.5) is 5.13 Å². The summed E-state index contributed by atoms with van der Waals surface area (Å²) in [5.41, 5.74) is 1.58. The number of halogens is 1. The Kier molecular flexibility index (Phi) is 3.21. The Labute approximate surface area is 100 Å². The Morgan fingerprint density at radius 2 is 2.40 bits per heavy atom. The number of rotatable bonds is 3. The van der Waals surface area contributed by atoms with Crippen LogP contribution in [0.1, 0.15) is 26.0 Å². The smallest absolute Gasteiger partial charge is 0.185 e. The molecule has 0 atom stereocenters. The van der Waals surface area contributed by atoms with Gasteiger partial charge in [0.2, 0.25) is 0 Å². The molecule has 84 valence electrons. The van der Waals surface area contributed by atoms with Gasteiger partial charge in [-0.2, -0.15) is 0 Å². The van der Waals surface area contributed by atoms with E-state index in [1.54, 1.807) is 11.3 Å². The highest BCUT2D eigenvalue weighted by atomic mass is 35.5. The molecule has 4 heteroatoms. The normalized spacial score (nSPS) is 19.8. The van der Waals surface area contributed by atoms with Crippen molar-refractivity contribution in [3.8, 4) is 0 Å². The number of hydrogen-bond acceptors (Lipinski definition) is 3. The predicted octanol–water partition coefficient (Wildman–Crippen LogP) is 3.16. The van der Waals surface area contributed by atoms with Crippen LogP contribution in [0.2, 0.25) is 0 Å². The highest BCUT2D eigenvalue weighted by molar-refractivity contribution is 7.13. The third kappa shape index (κ3) is 2.64. The Morgan fingerprint density at radius 3 is 3.00 bits per heavy atom. The van der Waals surface area contributed by atoms with Crippen molar-refractivity contribution in [2.45, 2.75) is 26.7 Å². The fourth-order valence-electron chi connectivity index (χ4n) is 1.93. The molecule has 0 radical (unpaired) electrons. The molecule has 1 aromatic heterocycles. The molecule has 1 fully saturated rings. The van der Waals surface area contributed by atoms with E-state index >= 15 is 0 Å². The lowest BCUT2D eigenvalue weighted by molar-refractivity contribution is 0.418. The van der Waals surface area contributed by atoms with Gasteiger partial charge in [-0.15, -0.1) is 22.9 Å². The molecule has 1 saturated heterocycles. The molecule has 0 aliphatic carbocycles. The van der Waals surface area contributed by atoms with E-state index < -0.39 is 0 Å². The summed E-state index contributed by atoms with van der Waals surface area (Å²) in [6, 6.07) is 0. The van der Waals surface area contributed by atoms with Crippen molar-refractivity contribution in [3.05, 3.63) is 11.1 Å². The summed E-state index contributed by atoms with van der Waals surface area (Å²) in [5, 5.41) is 3.30. The SMILES string of the molecule is CC1(C)CCN(c2nc(CCCl)cs2)C1. The maximum atomic E-state index is 5.70. The first-order chi connectivity index (χ1) is 7.11. The van der Waals surface area contributed by atoms with Crippen molar-refractivity contribution in [2.24, 2.45) is 5.41 Å². The van der Waals surface area contributed by atoms with E-state index in [-0.39, 0.29) is 0 Å². The second-order valence-corrected chi connectivity index (χ2v) is 6.11. The fraction of sp³-hybridized carbons (Fsp3) is 0.727. The van der Waals surface area contributed by atoms with Crippen LogP contribution in [0, 0.1) is 5.41 Å². The minimum atomic E-state index is 0.443. The van der Waals surface area contributed by atoms with Crippen molar-refractivity contribution in [2.75, 3.05) is 23.9 Å². The zero-order valence-electron chi connectivity index (χ0n) is 9.29. The van der Waals surface area contributed by atoms with Gasteiger partial charge in [-0.1, -0.05) is 13.8 Å². The van der Waals surface area contributed by atoms with Crippen LogP contribution < -0.4 is 4.90 Å². The van der Waals surface area contributed by atoms with Gasteiger partial charge >= 0.3 is 0 Å². The highest BCUT2D eigenvalue weighted by Gasteiger charge is 2.30. The third-order valence-corrected chi connectivity index (χ3v) is 3.98. The molecule has 0 amide bonds. The van der Waals surface area contributed by atoms with Crippen LogP contribution >= 0.6 is 22.9 Å². The van der Waals surface area contributed by atoms with Crippen LogP contribution in [-0.2, 0) is 6.42 Å². The van der Waals surface area contributed by atoms with Crippen LogP contribution in [0.25, 0.3) is 0 Å². The fourth-order valence-corrected chi connectivity index (χ4v) is 3.01. The van der Waals surface area contributed by atoms with Crippen LogP contribution in [0.5, 0.6) is 0 Å². The van der Waals surface area contributed by atoms with Gasteiger partial charge in [-0.05, 0) is 11.8 Å². The first-order valence-corrected chi connectivity index (χ1v) is 6.77. The summed E-state index contributed by atoms with van der Waals surface area (Å²) in [7, 11) is 0. The van der Waals surface area contributed by atoms with Crippen LogP contribution in [-0.4, -0.2) is 24.0 Å². The van der Waals surface area contributed by atoms with Crippen LogP contribution in [0.3, 0.4) is 0 Å². The molecule has 0 unspecified atom stereocenters. The molecule has 1 aromatic rings. The molecule has 2 nitrogen and oxygen atoms in total. The quantitative estimate of drug-likeness (QED) is 0.760. The van der Waals surface area contributed by atoms with Gasteiger partial charge in [0.25, 0.3) is 0 Å². The monoisotopic (exact) mass is 244 g/mol. The molecule has 0 spiro atoms. The summed E-state index contributed by atoms with van der Waals surface area (Å²) >= 11 is 7.44. The topological polar surface area (TPSA) is 16.1 Å². The van der Waals surface area contributed by atoms with Gasteiger partial charge < -0.3 is 4.90 Å². The molecule has 0 aromatic carbocycles. The summed E-state index contributed by atoms with van der Waals surface area (Å²) in [6.07, 6.45) is 2.15. The summed E-state index contributed by atoms with van der Waals surface area (Å²) in [6.45, 7) is 6.90. The Morgan fingerprint density at radius 1 is 1.60 bits per heavy atom. The number of hydrogen-bond donors (Lipinski definition) is 0. The Balaban J connectivity index is 2.04. The number of aryl methyl sites for hydroxylation is 1. The van der Waals surface area contributed by atoms with Gasteiger partial charge in [0.1, 0.15) is 0 Å². The standard InChI is InChI=1S/C11H17ClN2S/c1-11(2)4-6-14(8-11)10-13-9(3-5-12)7-15-10/h7H,3-6,8H2,1-2H3. The van der Waals surface area contributed by atoms with E-state index in [0.717, 1.165) is 25.2 Å². The lowest BCUT2D eigenvalue weighted by Crippen LogP contribution is -2.22. The van der Waals surface area contributed by atoms with Crippen molar-refractivity contribution >= 4 is 28.1 Å². The van der Waals surface area contributed by atoms with Gasteiger partial charge in [0, 0.05) is 30.8 Å². The molecule has 15 heavy (non-hydrogen) atoms. The first-order valence-electron chi connectivity index (χ1n) is 5.36. The van der Waals surface area contributed by atoms with E-state index in [4.69, 9.17) is 11.6 Å². The number of alkyl halides is 1. The number of aromatic nitrogens is 1. The molecule has 2 rings (SSSR count). The summed E-state index contributed by atoms with van der Waals surface area (Å²) in [4.78, 5) is 7.00. The summed E-state index contributed by atoms with van der Waals surface area (Å²) < 4.78 is 0. The second-order valence-electron chi connectivity index (χ2n) is 4.90. The third-order valence-electron chi connectivity index (χ3n) is 2.84. The lowest BCUT2D eigenvalue weighted by Gasteiger charge is -2.18. The van der Waals surface area contributed by atoms with Crippen molar-refractivity contribution in [1.29, 1.82) is 0 Å². The highest BCUT2D eigenvalue weighted by Crippen LogP contribution is 2.33. The maximum Gasteiger partial charge on any atom is 0.185 e. The zero-order chi connectivity index (χ0) is 10.9. The molecule has 0 bridgehead atoms. The number of nitrogens with zero attached hydrogens (tertiary/aromatic N) is 2. The average Bonchev–Trinajstić information content (AvgIpc) is 2.73. The number of anilines is 1. The van der Waals surface area contributed by atoms with Gasteiger partial charge in [0.05, 0.1) is 5.69 Å². The minimum Gasteiger partial charge on any atom is -0.348 e. The lowest BCUT2D eigenvalue weighted by atomic mass is 9.93. The molecule has 0 N–H and O–H groups in total. The van der Waals surface area contributed by atoms with E-state index in [0.29, 0.717) is 11.3 Å². The van der Waals surface area contributed by atoms with E-state index in [2.05, 4.69) is 29.1 Å². The van der Waals surface area contributed by atoms with Crippen molar-refractivity contribution < 1.29 is 0 Å². The first kappa shape index (κ1) is 11.2.